The second-order valence-electron chi connectivity index (χ2n) is 8.83. The number of amides is 1. The molecular weight excluding hydrogens is 428 g/mol. The smallest absolute Gasteiger partial charge is 0.254 e. The average Bonchev–Trinajstić information content (AvgIpc) is 3.25. The Balaban J connectivity index is 1.16. The van der Waals surface area contributed by atoms with E-state index in [-0.39, 0.29) is 5.91 Å². The molecule has 1 saturated carbocycles. The molecular formula is C25H22N8O. The molecule has 0 aliphatic heterocycles. The Hall–Kier alpha value is -4.45. The fourth-order valence-electron chi connectivity index (χ4n) is 4.25. The first-order valence-electron chi connectivity index (χ1n) is 11.2. The molecule has 1 aliphatic rings. The van der Waals surface area contributed by atoms with E-state index in [0.717, 1.165) is 22.5 Å². The van der Waals surface area contributed by atoms with Crippen molar-refractivity contribution in [2.24, 2.45) is 0 Å². The number of nitrogens with one attached hydrogen (secondary N) is 1. The lowest BCUT2D eigenvalue weighted by Gasteiger charge is -2.03. The Morgan fingerprint density at radius 2 is 2.12 bits per heavy atom. The lowest BCUT2D eigenvalue weighted by molar-refractivity contribution is 0.0950. The van der Waals surface area contributed by atoms with Crippen molar-refractivity contribution < 1.29 is 4.79 Å². The van der Waals surface area contributed by atoms with Crippen molar-refractivity contribution in [2.75, 3.05) is 0 Å². The molecule has 0 saturated heterocycles. The zero-order valence-electron chi connectivity index (χ0n) is 18.6. The topological polar surface area (TPSA) is 105 Å². The first-order chi connectivity index (χ1) is 16.6. The minimum Gasteiger partial charge on any atom is -0.346 e. The van der Waals surface area contributed by atoms with Crippen molar-refractivity contribution in [2.45, 2.75) is 38.8 Å². The molecule has 168 valence electrons. The Labute approximate surface area is 195 Å². The van der Waals surface area contributed by atoms with E-state index in [0.29, 0.717) is 35.8 Å². The number of nitrogens with zero attached hydrogens (tertiary/aromatic N) is 7. The van der Waals surface area contributed by atoms with Crippen LogP contribution in [0.2, 0.25) is 0 Å². The fourth-order valence-corrected chi connectivity index (χ4v) is 4.25. The number of fused-ring (bicyclic) bond motifs is 2. The summed E-state index contributed by atoms with van der Waals surface area (Å²) in [6.45, 7) is 2.76. The Morgan fingerprint density at radius 1 is 1.24 bits per heavy atom. The van der Waals surface area contributed by atoms with Crippen molar-refractivity contribution in [3.05, 3.63) is 89.2 Å². The van der Waals surface area contributed by atoms with E-state index >= 15 is 0 Å². The maximum Gasteiger partial charge on any atom is 0.254 e. The molecule has 0 spiro atoms. The van der Waals surface area contributed by atoms with Gasteiger partial charge >= 0.3 is 0 Å². The Kier molecular flexibility index (Phi) is 4.66. The molecule has 1 amide bonds. The first kappa shape index (κ1) is 20.2. The van der Waals surface area contributed by atoms with Gasteiger partial charge in [0.25, 0.3) is 5.91 Å². The van der Waals surface area contributed by atoms with Gasteiger partial charge in [-0.1, -0.05) is 0 Å². The summed E-state index contributed by atoms with van der Waals surface area (Å²) in [5, 5.41) is 16.8. The van der Waals surface area contributed by atoms with Gasteiger partial charge in [-0.3, -0.25) is 9.48 Å². The van der Waals surface area contributed by atoms with Crippen LogP contribution in [0.4, 0.5) is 0 Å². The van der Waals surface area contributed by atoms with E-state index in [4.69, 9.17) is 0 Å². The van der Waals surface area contributed by atoms with Crippen LogP contribution in [0.15, 0.2) is 55.5 Å². The van der Waals surface area contributed by atoms with Crippen LogP contribution in [0, 0.1) is 18.3 Å². The van der Waals surface area contributed by atoms with Crippen LogP contribution in [0.25, 0.3) is 11.2 Å². The van der Waals surface area contributed by atoms with E-state index in [1.165, 1.54) is 18.4 Å². The third-order valence-electron chi connectivity index (χ3n) is 6.20. The lowest BCUT2D eigenvalue weighted by Crippen LogP contribution is -2.22. The quantitative estimate of drug-likeness (QED) is 0.428. The van der Waals surface area contributed by atoms with Crippen molar-refractivity contribution >= 4 is 17.1 Å². The lowest BCUT2D eigenvalue weighted by atomic mass is 10.1. The molecule has 1 N–H and O–H groups in total. The monoisotopic (exact) mass is 450 g/mol. The van der Waals surface area contributed by atoms with Gasteiger partial charge in [-0.15, -0.1) is 0 Å². The van der Waals surface area contributed by atoms with Gasteiger partial charge < -0.3 is 14.1 Å². The van der Waals surface area contributed by atoms with Crippen LogP contribution in [0.3, 0.4) is 0 Å². The molecule has 9 heteroatoms. The van der Waals surface area contributed by atoms with Crippen molar-refractivity contribution in [1.29, 1.82) is 5.26 Å². The van der Waals surface area contributed by atoms with Gasteiger partial charge in [0, 0.05) is 24.8 Å². The number of carbonyl (C=O) groups excluding carboxylic acids is 1. The van der Waals surface area contributed by atoms with Gasteiger partial charge in [0.2, 0.25) is 0 Å². The maximum absolute atomic E-state index is 12.7. The predicted molar refractivity (Wildman–Crippen MR) is 124 cm³/mol. The van der Waals surface area contributed by atoms with Crippen molar-refractivity contribution in [3.63, 3.8) is 0 Å². The summed E-state index contributed by atoms with van der Waals surface area (Å²) in [5.41, 5.74) is 6.59. The van der Waals surface area contributed by atoms with Crippen LogP contribution in [-0.2, 0) is 13.1 Å². The molecule has 6 rings (SSSR count). The van der Waals surface area contributed by atoms with Crippen LogP contribution in [-0.4, -0.2) is 34.5 Å². The second-order valence-corrected chi connectivity index (χ2v) is 8.83. The Morgan fingerprint density at radius 3 is 2.94 bits per heavy atom. The summed E-state index contributed by atoms with van der Waals surface area (Å²) >= 11 is 0. The summed E-state index contributed by atoms with van der Waals surface area (Å²) in [4.78, 5) is 21.7. The first-order valence-corrected chi connectivity index (χ1v) is 11.2. The highest BCUT2D eigenvalue weighted by Crippen LogP contribution is 2.40. The third-order valence-corrected chi connectivity index (χ3v) is 6.20. The molecule has 0 unspecified atom stereocenters. The molecule has 0 atom stereocenters. The summed E-state index contributed by atoms with van der Waals surface area (Å²) in [5.74, 6) is 0.342. The minimum atomic E-state index is -0.212. The van der Waals surface area contributed by atoms with E-state index in [1.54, 1.807) is 23.4 Å². The van der Waals surface area contributed by atoms with Crippen molar-refractivity contribution in [3.8, 4) is 6.07 Å². The maximum atomic E-state index is 12.7. The number of nitriles is 1. The number of pyridine rings is 2. The predicted octanol–water partition coefficient (Wildman–Crippen LogP) is 3.21. The average molecular weight is 451 g/mol. The van der Waals surface area contributed by atoms with Gasteiger partial charge in [0.15, 0.2) is 5.65 Å². The van der Waals surface area contributed by atoms with E-state index in [2.05, 4.69) is 32.6 Å². The van der Waals surface area contributed by atoms with Crippen LogP contribution in [0.1, 0.15) is 57.2 Å². The normalized spacial score (nSPS) is 13.4. The van der Waals surface area contributed by atoms with Gasteiger partial charge in [-0.2, -0.15) is 10.4 Å². The number of hydrogen-bond acceptors (Lipinski definition) is 5. The number of hydrogen-bond donors (Lipinski definition) is 1. The largest absolute Gasteiger partial charge is 0.346 e. The van der Waals surface area contributed by atoms with Crippen LogP contribution >= 0.6 is 0 Å². The molecule has 5 heterocycles. The fraction of sp³-hybridized carbons (Fsp3) is 0.240. The molecule has 0 radical (unpaired) electrons. The SMILES string of the molecule is Cc1ccn2cnc(CNC(=O)c3cnn(Cc4cn5cc(C6CC6)cc(C#N)c5n4)c3)c2c1. The van der Waals surface area contributed by atoms with Crippen LogP contribution < -0.4 is 5.32 Å². The van der Waals surface area contributed by atoms with Gasteiger partial charge in [0.1, 0.15) is 6.07 Å². The molecule has 5 aromatic rings. The van der Waals surface area contributed by atoms with Crippen LogP contribution in [0.5, 0.6) is 0 Å². The zero-order valence-corrected chi connectivity index (χ0v) is 18.6. The van der Waals surface area contributed by atoms with Gasteiger partial charge in [-0.05, 0) is 55.0 Å². The summed E-state index contributed by atoms with van der Waals surface area (Å²) in [6, 6.07) is 8.28. The number of carbonyl (C=O) groups is 1. The summed E-state index contributed by atoms with van der Waals surface area (Å²) in [6.07, 6.45) is 13.3. The number of aromatic nitrogens is 6. The second kappa shape index (κ2) is 7.85. The molecule has 34 heavy (non-hydrogen) atoms. The van der Waals surface area contributed by atoms with E-state index < -0.39 is 0 Å². The highest BCUT2D eigenvalue weighted by molar-refractivity contribution is 5.93. The number of aryl methyl sites for hydroxylation is 1. The number of imidazole rings is 2. The van der Waals surface area contributed by atoms with E-state index in [9.17, 15) is 10.1 Å². The third kappa shape index (κ3) is 3.69. The molecule has 1 aliphatic carbocycles. The highest BCUT2D eigenvalue weighted by atomic mass is 16.1. The molecule has 0 bridgehead atoms. The minimum absolute atomic E-state index is 0.212. The molecule has 0 aromatic carbocycles. The summed E-state index contributed by atoms with van der Waals surface area (Å²) < 4.78 is 5.54. The molecule has 9 nitrogen and oxygen atoms in total. The number of rotatable bonds is 6. The highest BCUT2D eigenvalue weighted by Gasteiger charge is 2.25. The van der Waals surface area contributed by atoms with Gasteiger partial charge in [-0.25, -0.2) is 9.97 Å². The summed E-state index contributed by atoms with van der Waals surface area (Å²) in [7, 11) is 0. The van der Waals surface area contributed by atoms with Crippen molar-refractivity contribution in [1.82, 2.24) is 33.9 Å². The van der Waals surface area contributed by atoms with E-state index in [1.807, 2.05) is 46.3 Å². The Bertz CT molecular complexity index is 1590. The zero-order chi connectivity index (χ0) is 23.2. The van der Waals surface area contributed by atoms with Gasteiger partial charge in [0.05, 0.1) is 53.6 Å². The molecule has 1 fully saturated rings. The standard InChI is InChI=1S/C25H22N8O/c1-16-4-5-31-15-28-22(23(31)6-16)10-27-25(34)20-9-29-33(12-20)14-21-13-32-11-19(17-2-3-17)7-18(8-26)24(32)30-21/h4-7,9,11-13,15,17H,2-3,10,14H2,1H3,(H,27,34). The molecule has 5 aromatic heterocycles.